The number of nitrogens with zero attached hydrogens (tertiary/aromatic N) is 2. The normalized spacial score (nSPS) is 13.9. The van der Waals surface area contributed by atoms with Gasteiger partial charge in [0, 0.05) is 31.9 Å². The van der Waals surface area contributed by atoms with Gasteiger partial charge in [0.25, 0.3) is 5.91 Å². The number of carbonyl (C=O) groups is 2. The van der Waals surface area contributed by atoms with Crippen molar-refractivity contribution in [3.63, 3.8) is 0 Å². The highest BCUT2D eigenvalue weighted by Gasteiger charge is 2.31. The molecule has 3 aromatic rings. The zero-order chi connectivity index (χ0) is 20.5. The molecule has 1 aliphatic rings. The number of aryl methyl sites for hydroxylation is 1. The zero-order valence-electron chi connectivity index (χ0n) is 16.4. The lowest BCUT2D eigenvalue weighted by Gasteiger charge is -2.18. The van der Waals surface area contributed by atoms with E-state index in [-0.39, 0.29) is 11.8 Å². The van der Waals surface area contributed by atoms with E-state index in [1.807, 2.05) is 24.3 Å². The van der Waals surface area contributed by atoms with Crippen molar-refractivity contribution < 1.29 is 18.7 Å². The minimum absolute atomic E-state index is 0.0500. The van der Waals surface area contributed by atoms with Gasteiger partial charge in [0.1, 0.15) is 17.3 Å². The van der Waals surface area contributed by atoms with E-state index in [0.29, 0.717) is 41.8 Å². The van der Waals surface area contributed by atoms with Crippen molar-refractivity contribution in [2.45, 2.75) is 19.4 Å². The Kier molecular flexibility index (Phi) is 4.96. The molecule has 0 aliphatic carbocycles. The molecule has 2 heterocycles. The number of benzene rings is 2. The molecule has 0 unspecified atom stereocenters. The number of rotatable bonds is 5. The second-order valence-corrected chi connectivity index (χ2v) is 7.10. The number of methoxy groups -OCH3 is 1. The van der Waals surface area contributed by atoms with Crippen molar-refractivity contribution in [1.82, 2.24) is 9.88 Å². The number of nitrogens with one attached hydrogen (secondary N) is 1. The van der Waals surface area contributed by atoms with Gasteiger partial charge in [-0.25, -0.2) is 4.39 Å². The Balaban J connectivity index is 1.70. The summed E-state index contributed by atoms with van der Waals surface area (Å²) in [6.07, 6.45) is 1.15. The highest BCUT2D eigenvalue weighted by molar-refractivity contribution is 6.14. The number of aromatic nitrogens is 1. The molecule has 0 spiro atoms. The maximum Gasteiger partial charge on any atom is 0.270 e. The number of amides is 2. The molecule has 29 heavy (non-hydrogen) atoms. The van der Waals surface area contributed by atoms with E-state index < -0.39 is 5.82 Å². The molecule has 2 aromatic carbocycles. The first-order chi connectivity index (χ1) is 14.0. The van der Waals surface area contributed by atoms with Crippen molar-refractivity contribution in [3.8, 4) is 5.75 Å². The van der Waals surface area contributed by atoms with Crippen LogP contribution in [0.15, 0.2) is 42.5 Å². The smallest absolute Gasteiger partial charge is 0.270 e. The van der Waals surface area contributed by atoms with Gasteiger partial charge < -0.3 is 19.5 Å². The van der Waals surface area contributed by atoms with Crippen molar-refractivity contribution in [2.24, 2.45) is 7.05 Å². The number of fused-ring (bicyclic) bond motifs is 1. The fourth-order valence-electron chi connectivity index (χ4n) is 3.82. The van der Waals surface area contributed by atoms with Crippen LogP contribution in [0.4, 0.5) is 10.1 Å². The van der Waals surface area contributed by atoms with Crippen molar-refractivity contribution in [1.29, 1.82) is 0 Å². The van der Waals surface area contributed by atoms with Gasteiger partial charge in [-0.05, 0) is 42.3 Å². The highest BCUT2D eigenvalue weighted by atomic mass is 19.1. The Labute approximate surface area is 167 Å². The summed E-state index contributed by atoms with van der Waals surface area (Å²) in [7, 11) is 3.35. The monoisotopic (exact) mass is 395 g/mol. The second kappa shape index (κ2) is 7.58. The van der Waals surface area contributed by atoms with Crippen LogP contribution in [-0.4, -0.2) is 30.0 Å². The van der Waals surface area contributed by atoms with Crippen LogP contribution in [0, 0.1) is 5.82 Å². The zero-order valence-corrected chi connectivity index (χ0v) is 16.4. The molecule has 7 heteroatoms. The third-order valence-electron chi connectivity index (χ3n) is 5.31. The molecule has 6 nitrogen and oxygen atoms in total. The molecule has 1 N–H and O–H groups in total. The predicted molar refractivity (Wildman–Crippen MR) is 109 cm³/mol. The van der Waals surface area contributed by atoms with Gasteiger partial charge in [0.15, 0.2) is 0 Å². The lowest BCUT2D eigenvalue weighted by Crippen LogP contribution is -2.30. The van der Waals surface area contributed by atoms with E-state index in [1.165, 1.54) is 12.1 Å². The average molecular weight is 395 g/mol. The summed E-state index contributed by atoms with van der Waals surface area (Å²) in [4.78, 5) is 27.1. The van der Waals surface area contributed by atoms with E-state index in [2.05, 4.69) is 5.32 Å². The van der Waals surface area contributed by atoms with Crippen molar-refractivity contribution in [3.05, 3.63) is 59.5 Å². The van der Waals surface area contributed by atoms with Crippen LogP contribution in [0.2, 0.25) is 0 Å². The minimum Gasteiger partial charge on any atom is -0.497 e. The topological polar surface area (TPSA) is 63.6 Å². The first kappa shape index (κ1) is 19.0. The van der Waals surface area contributed by atoms with Gasteiger partial charge in [-0.15, -0.1) is 0 Å². The van der Waals surface area contributed by atoms with Gasteiger partial charge in [-0.2, -0.15) is 0 Å². The summed E-state index contributed by atoms with van der Waals surface area (Å²) in [6, 6.07) is 11.8. The predicted octanol–water partition coefficient (Wildman–Crippen LogP) is 3.38. The minimum atomic E-state index is -0.402. The van der Waals surface area contributed by atoms with E-state index in [1.54, 1.807) is 29.7 Å². The number of hydrogen-bond donors (Lipinski definition) is 1. The maximum absolute atomic E-state index is 14.0. The number of carbonyl (C=O) groups excluding carboxylic acids is 2. The summed E-state index contributed by atoms with van der Waals surface area (Å²) < 4.78 is 20.8. The molecule has 1 aromatic heterocycles. The lowest BCUT2D eigenvalue weighted by molar-refractivity contribution is -0.117. The molecule has 4 rings (SSSR count). The third kappa shape index (κ3) is 3.44. The second-order valence-electron chi connectivity index (χ2n) is 7.10. The molecular weight excluding hydrogens is 373 g/mol. The molecule has 0 saturated carbocycles. The molecule has 2 amide bonds. The molecule has 0 atom stereocenters. The summed E-state index contributed by atoms with van der Waals surface area (Å²) in [6.45, 7) is 0.847. The van der Waals surface area contributed by atoms with Crippen LogP contribution >= 0.6 is 0 Å². The van der Waals surface area contributed by atoms with Gasteiger partial charge >= 0.3 is 0 Å². The van der Waals surface area contributed by atoms with Crippen LogP contribution < -0.4 is 15.0 Å². The number of halogens is 1. The highest BCUT2D eigenvalue weighted by Crippen LogP contribution is 2.36. The van der Waals surface area contributed by atoms with E-state index in [4.69, 9.17) is 4.74 Å². The molecular formula is C22H22FN3O3. The standard InChI is InChI=1S/C22H22FN3O3/c1-25-18-10-7-15(23)12-17(18)20(26-11-3-4-19(26)27)21(25)22(28)24-13-14-5-8-16(29-2)9-6-14/h5-10,12H,3-4,11,13H2,1-2H3,(H,24,28). The van der Waals surface area contributed by atoms with Crippen molar-refractivity contribution >= 4 is 28.4 Å². The first-order valence-electron chi connectivity index (χ1n) is 9.49. The summed E-state index contributed by atoms with van der Waals surface area (Å²) in [5, 5.41) is 3.48. The van der Waals surface area contributed by atoms with Gasteiger partial charge in [-0.3, -0.25) is 9.59 Å². The Morgan fingerprint density at radius 2 is 1.97 bits per heavy atom. The van der Waals surface area contributed by atoms with Gasteiger partial charge in [0.05, 0.1) is 18.3 Å². The van der Waals surface area contributed by atoms with Crippen LogP contribution in [0.1, 0.15) is 28.9 Å². The maximum atomic E-state index is 14.0. The Hall–Kier alpha value is -3.35. The molecule has 1 fully saturated rings. The Bertz CT molecular complexity index is 1090. The Morgan fingerprint density at radius 3 is 2.62 bits per heavy atom. The summed E-state index contributed by atoms with van der Waals surface area (Å²) >= 11 is 0. The quantitative estimate of drug-likeness (QED) is 0.720. The number of hydrogen-bond acceptors (Lipinski definition) is 3. The fourth-order valence-corrected chi connectivity index (χ4v) is 3.82. The van der Waals surface area contributed by atoms with E-state index in [9.17, 15) is 14.0 Å². The largest absolute Gasteiger partial charge is 0.497 e. The van der Waals surface area contributed by atoms with Gasteiger partial charge in [0.2, 0.25) is 5.91 Å². The van der Waals surface area contributed by atoms with E-state index >= 15 is 0 Å². The van der Waals surface area contributed by atoms with Crippen LogP contribution in [0.25, 0.3) is 10.9 Å². The number of ether oxygens (including phenoxy) is 1. The molecule has 0 radical (unpaired) electrons. The van der Waals surface area contributed by atoms with Crippen LogP contribution in [0.3, 0.4) is 0 Å². The molecule has 1 saturated heterocycles. The van der Waals surface area contributed by atoms with Crippen molar-refractivity contribution in [2.75, 3.05) is 18.6 Å². The van der Waals surface area contributed by atoms with Crippen LogP contribution in [-0.2, 0) is 18.4 Å². The summed E-state index contributed by atoms with van der Waals surface area (Å²) in [5.74, 6) is -0.0209. The third-order valence-corrected chi connectivity index (χ3v) is 5.31. The molecule has 1 aliphatic heterocycles. The number of anilines is 1. The SMILES string of the molecule is COc1ccc(CNC(=O)c2c(N3CCCC3=O)c3cc(F)ccc3n2C)cc1. The fraction of sp³-hybridized carbons (Fsp3) is 0.273. The molecule has 150 valence electrons. The molecule has 0 bridgehead atoms. The van der Waals surface area contributed by atoms with Crippen LogP contribution in [0.5, 0.6) is 5.75 Å². The Morgan fingerprint density at radius 1 is 1.21 bits per heavy atom. The average Bonchev–Trinajstić information content (AvgIpc) is 3.26. The lowest BCUT2D eigenvalue weighted by atomic mass is 10.2. The summed E-state index contributed by atoms with van der Waals surface area (Å²) in [5.41, 5.74) is 2.46. The van der Waals surface area contributed by atoms with Gasteiger partial charge in [-0.1, -0.05) is 12.1 Å². The van der Waals surface area contributed by atoms with E-state index in [0.717, 1.165) is 17.7 Å². The first-order valence-corrected chi connectivity index (χ1v) is 9.49.